The first-order chi connectivity index (χ1) is 13.6. The number of carbonyl (C=O) groups excluding carboxylic acids is 1. The molecule has 0 aromatic heterocycles. The molecule has 28 heavy (non-hydrogen) atoms. The summed E-state index contributed by atoms with van der Waals surface area (Å²) in [5.74, 6) is 2.61. The molecule has 0 unspecified atom stereocenters. The predicted molar refractivity (Wildman–Crippen MR) is 109 cm³/mol. The zero-order chi connectivity index (χ0) is 19.1. The van der Waals surface area contributed by atoms with E-state index in [0.717, 1.165) is 82.0 Å². The van der Waals surface area contributed by atoms with Crippen LogP contribution in [0.5, 0.6) is 0 Å². The third-order valence-corrected chi connectivity index (χ3v) is 7.80. The number of rotatable bonds is 5. The molecule has 1 heterocycles. The van der Waals surface area contributed by atoms with Gasteiger partial charge in [0.15, 0.2) is 0 Å². The normalized spacial score (nSPS) is 34.6. The second-order valence-corrected chi connectivity index (χ2v) is 9.76. The van der Waals surface area contributed by atoms with Gasteiger partial charge in [-0.1, -0.05) is 0 Å². The Hall–Kier alpha value is -1.62. The van der Waals surface area contributed by atoms with Crippen LogP contribution in [0.3, 0.4) is 0 Å². The quantitative estimate of drug-likeness (QED) is 0.845. The maximum absolute atomic E-state index is 13.1. The molecule has 5 fully saturated rings. The van der Waals surface area contributed by atoms with Crippen LogP contribution in [-0.4, -0.2) is 50.1 Å². The van der Waals surface area contributed by atoms with E-state index in [1.165, 1.54) is 31.4 Å². The Morgan fingerprint density at radius 2 is 1.54 bits per heavy atom. The highest BCUT2D eigenvalue weighted by atomic mass is 19.1. The lowest BCUT2D eigenvalue weighted by atomic mass is 9.49. The van der Waals surface area contributed by atoms with E-state index in [0.29, 0.717) is 5.91 Å². The molecular formula is C23H32FN3O. The van der Waals surface area contributed by atoms with Crippen molar-refractivity contribution in [3.63, 3.8) is 0 Å². The molecule has 4 nitrogen and oxygen atoms in total. The summed E-state index contributed by atoms with van der Waals surface area (Å²) in [7, 11) is 0. The predicted octanol–water partition coefficient (Wildman–Crippen LogP) is 3.28. The number of hydrogen-bond acceptors (Lipinski definition) is 3. The molecule has 4 aliphatic carbocycles. The van der Waals surface area contributed by atoms with Crippen molar-refractivity contribution in [2.24, 2.45) is 23.2 Å². The highest BCUT2D eigenvalue weighted by molar-refractivity contribution is 5.83. The Labute approximate surface area is 167 Å². The van der Waals surface area contributed by atoms with Crippen LogP contribution in [0.2, 0.25) is 0 Å². The summed E-state index contributed by atoms with van der Waals surface area (Å²) < 4.78 is 13.1. The molecule has 4 bridgehead atoms. The van der Waals surface area contributed by atoms with Gasteiger partial charge in [-0.3, -0.25) is 9.69 Å². The van der Waals surface area contributed by atoms with E-state index in [4.69, 9.17) is 0 Å². The molecule has 4 saturated carbocycles. The molecule has 0 atom stereocenters. The number of nitrogens with zero attached hydrogens (tertiary/aromatic N) is 2. The molecule has 1 N–H and O–H groups in total. The van der Waals surface area contributed by atoms with E-state index in [1.54, 1.807) is 0 Å². The monoisotopic (exact) mass is 385 g/mol. The summed E-state index contributed by atoms with van der Waals surface area (Å²) in [5, 5.41) is 3.30. The average molecular weight is 386 g/mol. The Kier molecular flexibility index (Phi) is 4.82. The van der Waals surface area contributed by atoms with Gasteiger partial charge in [-0.05, 0) is 80.5 Å². The molecule has 6 rings (SSSR count). The first kappa shape index (κ1) is 18.4. The minimum Gasteiger partial charge on any atom is -0.369 e. The van der Waals surface area contributed by atoms with E-state index in [2.05, 4.69) is 15.1 Å². The summed E-state index contributed by atoms with van der Waals surface area (Å²) in [6.07, 6.45) is 7.56. The number of carbonyl (C=O) groups is 1. The van der Waals surface area contributed by atoms with Gasteiger partial charge in [0.05, 0.1) is 0 Å². The van der Waals surface area contributed by atoms with Crippen LogP contribution in [0.4, 0.5) is 10.1 Å². The molecule has 1 aliphatic heterocycles. The van der Waals surface area contributed by atoms with Crippen molar-refractivity contribution in [2.45, 2.75) is 38.5 Å². The SMILES string of the molecule is O=C(NCCN1CCN(c2ccc(F)cc2)CC1)C12CC3CC(CC(C3)C1)C2. The fraction of sp³-hybridized carbons (Fsp3) is 0.696. The van der Waals surface area contributed by atoms with Gasteiger partial charge in [-0.2, -0.15) is 0 Å². The van der Waals surface area contributed by atoms with E-state index in [9.17, 15) is 9.18 Å². The summed E-state index contributed by atoms with van der Waals surface area (Å²) in [6, 6.07) is 6.77. The molecule has 5 heteroatoms. The van der Waals surface area contributed by atoms with E-state index in [1.807, 2.05) is 12.1 Å². The summed E-state index contributed by atoms with van der Waals surface area (Å²) in [5.41, 5.74) is 1.06. The van der Waals surface area contributed by atoms with Crippen molar-refractivity contribution in [3.05, 3.63) is 30.1 Å². The minimum absolute atomic E-state index is 0.0317. The van der Waals surface area contributed by atoms with Crippen molar-refractivity contribution < 1.29 is 9.18 Å². The van der Waals surface area contributed by atoms with Crippen molar-refractivity contribution in [3.8, 4) is 0 Å². The lowest BCUT2D eigenvalue weighted by Crippen LogP contribution is -2.54. The molecule has 1 amide bonds. The second kappa shape index (κ2) is 7.33. The van der Waals surface area contributed by atoms with Gasteiger partial charge in [0.2, 0.25) is 5.91 Å². The van der Waals surface area contributed by atoms with E-state index < -0.39 is 0 Å². The Balaban J connectivity index is 1.08. The number of halogens is 1. The highest BCUT2D eigenvalue weighted by Crippen LogP contribution is 2.60. The zero-order valence-electron chi connectivity index (χ0n) is 16.7. The maximum atomic E-state index is 13.1. The Morgan fingerprint density at radius 3 is 2.11 bits per heavy atom. The number of piperazine rings is 1. The van der Waals surface area contributed by atoms with Crippen molar-refractivity contribution in [1.82, 2.24) is 10.2 Å². The molecule has 152 valence electrons. The molecule has 5 aliphatic rings. The van der Waals surface area contributed by atoms with Crippen molar-refractivity contribution in [2.75, 3.05) is 44.2 Å². The fourth-order valence-corrected chi connectivity index (χ4v) is 6.79. The molecular weight excluding hydrogens is 353 g/mol. The zero-order valence-corrected chi connectivity index (χ0v) is 16.7. The van der Waals surface area contributed by atoms with Gasteiger partial charge in [0, 0.05) is 50.4 Å². The lowest BCUT2D eigenvalue weighted by Gasteiger charge is -2.55. The van der Waals surface area contributed by atoms with Crippen molar-refractivity contribution >= 4 is 11.6 Å². The first-order valence-electron chi connectivity index (χ1n) is 11.1. The van der Waals surface area contributed by atoms with Gasteiger partial charge in [-0.25, -0.2) is 4.39 Å². The van der Waals surface area contributed by atoms with Crippen LogP contribution in [0.1, 0.15) is 38.5 Å². The molecule has 0 spiro atoms. The summed E-state index contributed by atoms with van der Waals surface area (Å²) in [6.45, 7) is 5.57. The molecule has 1 aromatic carbocycles. The van der Waals surface area contributed by atoms with Gasteiger partial charge in [0.1, 0.15) is 5.82 Å². The van der Waals surface area contributed by atoms with E-state index >= 15 is 0 Å². The van der Waals surface area contributed by atoms with Gasteiger partial charge in [0.25, 0.3) is 0 Å². The van der Waals surface area contributed by atoms with E-state index in [-0.39, 0.29) is 11.2 Å². The smallest absolute Gasteiger partial charge is 0.226 e. The maximum Gasteiger partial charge on any atom is 0.226 e. The number of amides is 1. The standard InChI is InChI=1S/C23H32FN3O/c24-20-1-3-21(4-2-20)27-9-7-26(8-10-27)6-5-25-22(28)23-14-17-11-18(15-23)13-19(12-17)16-23/h1-4,17-19H,5-16H2,(H,25,28). The Morgan fingerprint density at radius 1 is 0.964 bits per heavy atom. The van der Waals surface area contributed by atoms with Gasteiger partial charge < -0.3 is 10.2 Å². The number of hydrogen-bond donors (Lipinski definition) is 1. The van der Waals surface area contributed by atoms with Crippen LogP contribution in [0.25, 0.3) is 0 Å². The van der Waals surface area contributed by atoms with Gasteiger partial charge in [-0.15, -0.1) is 0 Å². The molecule has 1 aromatic rings. The third-order valence-electron chi connectivity index (χ3n) is 7.80. The Bertz CT molecular complexity index is 676. The van der Waals surface area contributed by atoms with Crippen LogP contribution < -0.4 is 10.2 Å². The third kappa shape index (κ3) is 3.54. The molecule has 1 saturated heterocycles. The van der Waals surface area contributed by atoms with Crippen LogP contribution in [0, 0.1) is 29.0 Å². The number of benzene rings is 1. The second-order valence-electron chi connectivity index (χ2n) is 9.76. The van der Waals surface area contributed by atoms with Crippen LogP contribution in [-0.2, 0) is 4.79 Å². The fourth-order valence-electron chi connectivity index (χ4n) is 6.79. The minimum atomic E-state index is -0.183. The van der Waals surface area contributed by atoms with Crippen LogP contribution >= 0.6 is 0 Å². The number of anilines is 1. The van der Waals surface area contributed by atoms with Crippen molar-refractivity contribution in [1.29, 1.82) is 0 Å². The number of nitrogens with one attached hydrogen (secondary N) is 1. The average Bonchev–Trinajstić information content (AvgIpc) is 2.68. The van der Waals surface area contributed by atoms with Gasteiger partial charge >= 0.3 is 0 Å². The molecule has 0 radical (unpaired) electrons. The largest absolute Gasteiger partial charge is 0.369 e. The highest BCUT2D eigenvalue weighted by Gasteiger charge is 2.54. The summed E-state index contributed by atoms with van der Waals surface area (Å²) in [4.78, 5) is 17.8. The lowest BCUT2D eigenvalue weighted by molar-refractivity contribution is -0.146. The van der Waals surface area contributed by atoms with Crippen LogP contribution in [0.15, 0.2) is 24.3 Å². The summed E-state index contributed by atoms with van der Waals surface area (Å²) >= 11 is 0. The topological polar surface area (TPSA) is 35.6 Å². The first-order valence-corrected chi connectivity index (χ1v) is 11.1.